The van der Waals surface area contributed by atoms with E-state index >= 15 is 0 Å². The van der Waals surface area contributed by atoms with Crippen LogP contribution in [0.25, 0.3) is 0 Å². The van der Waals surface area contributed by atoms with Crippen molar-refractivity contribution < 1.29 is 9.53 Å². The standard InChI is InChI=1S/C23H27NO2/c1-24-14-5-8-19(24)13-15-26-20-11-9-18(10-12-20)23(25)22-16-21(22)17-6-3-2-4-7-17/h2-4,6-7,9-12,19,21-22H,5,8,13-16H2,1H3/t19?,21-,22+/m0/s1. The second-order valence-electron chi connectivity index (χ2n) is 7.66. The molecule has 0 N–H and O–H groups in total. The summed E-state index contributed by atoms with van der Waals surface area (Å²) in [7, 11) is 2.19. The van der Waals surface area contributed by atoms with Crippen LogP contribution in [0.3, 0.4) is 0 Å². The molecule has 1 heterocycles. The number of ketones is 1. The van der Waals surface area contributed by atoms with Crippen LogP contribution >= 0.6 is 0 Å². The summed E-state index contributed by atoms with van der Waals surface area (Å²) in [5, 5.41) is 0. The number of Topliss-reactive ketones (excluding diaryl/α,β-unsaturated/α-hetero) is 1. The first-order chi connectivity index (χ1) is 12.7. The van der Waals surface area contributed by atoms with E-state index < -0.39 is 0 Å². The molecule has 2 fully saturated rings. The molecule has 26 heavy (non-hydrogen) atoms. The predicted octanol–water partition coefficient (Wildman–Crippen LogP) is 4.54. The molecule has 1 saturated carbocycles. The Hall–Kier alpha value is -2.13. The number of nitrogens with zero attached hydrogens (tertiary/aromatic N) is 1. The van der Waals surface area contributed by atoms with Gasteiger partial charge in [0.05, 0.1) is 6.61 Å². The van der Waals surface area contributed by atoms with Gasteiger partial charge in [-0.15, -0.1) is 0 Å². The van der Waals surface area contributed by atoms with Crippen LogP contribution in [0.2, 0.25) is 0 Å². The molecule has 0 radical (unpaired) electrons. The Morgan fingerprint density at radius 3 is 2.58 bits per heavy atom. The minimum absolute atomic E-state index is 0.141. The van der Waals surface area contributed by atoms with Gasteiger partial charge in [0.1, 0.15) is 5.75 Å². The normalized spacial score (nSPS) is 25.2. The summed E-state index contributed by atoms with van der Waals surface area (Å²) in [6.07, 6.45) is 4.61. The first kappa shape index (κ1) is 17.3. The van der Waals surface area contributed by atoms with E-state index in [4.69, 9.17) is 4.74 Å². The Balaban J connectivity index is 1.28. The Morgan fingerprint density at radius 1 is 1.12 bits per heavy atom. The first-order valence-corrected chi connectivity index (χ1v) is 9.74. The number of carbonyl (C=O) groups is 1. The largest absolute Gasteiger partial charge is 0.494 e. The zero-order chi connectivity index (χ0) is 17.9. The molecule has 1 unspecified atom stereocenters. The molecule has 0 spiro atoms. The molecule has 1 saturated heterocycles. The molecule has 3 heteroatoms. The molecular formula is C23H27NO2. The zero-order valence-corrected chi connectivity index (χ0v) is 15.4. The van der Waals surface area contributed by atoms with Gasteiger partial charge in [0.15, 0.2) is 5.78 Å². The fourth-order valence-corrected chi connectivity index (χ4v) is 4.14. The summed E-state index contributed by atoms with van der Waals surface area (Å²) >= 11 is 0. The van der Waals surface area contributed by atoms with Crippen LogP contribution in [0.4, 0.5) is 0 Å². The van der Waals surface area contributed by atoms with Crippen molar-refractivity contribution in [1.82, 2.24) is 4.90 Å². The van der Waals surface area contributed by atoms with Crippen molar-refractivity contribution in [2.24, 2.45) is 5.92 Å². The van der Waals surface area contributed by atoms with Crippen LogP contribution in [0, 0.1) is 5.92 Å². The second kappa shape index (κ2) is 7.63. The van der Waals surface area contributed by atoms with Gasteiger partial charge >= 0.3 is 0 Å². The highest BCUT2D eigenvalue weighted by atomic mass is 16.5. The molecule has 3 atom stereocenters. The molecule has 0 bridgehead atoms. The number of carbonyl (C=O) groups excluding carboxylic acids is 1. The van der Waals surface area contributed by atoms with E-state index in [0.717, 1.165) is 30.8 Å². The van der Waals surface area contributed by atoms with E-state index in [1.807, 2.05) is 42.5 Å². The third kappa shape index (κ3) is 3.83. The maximum atomic E-state index is 12.7. The minimum Gasteiger partial charge on any atom is -0.494 e. The van der Waals surface area contributed by atoms with Crippen molar-refractivity contribution in [2.45, 2.75) is 37.6 Å². The molecule has 1 aliphatic carbocycles. The number of rotatable bonds is 7. The van der Waals surface area contributed by atoms with Crippen molar-refractivity contribution >= 4 is 5.78 Å². The lowest BCUT2D eigenvalue weighted by molar-refractivity contribution is 0.0965. The zero-order valence-electron chi connectivity index (χ0n) is 15.4. The Bertz CT molecular complexity index is 741. The highest BCUT2D eigenvalue weighted by molar-refractivity contribution is 6.00. The van der Waals surface area contributed by atoms with E-state index in [0.29, 0.717) is 12.0 Å². The maximum Gasteiger partial charge on any atom is 0.166 e. The van der Waals surface area contributed by atoms with Gasteiger partial charge in [-0.25, -0.2) is 0 Å². The van der Waals surface area contributed by atoms with E-state index in [1.54, 1.807) is 0 Å². The van der Waals surface area contributed by atoms with Crippen molar-refractivity contribution in [1.29, 1.82) is 0 Å². The fourth-order valence-electron chi connectivity index (χ4n) is 4.14. The summed E-state index contributed by atoms with van der Waals surface area (Å²) in [4.78, 5) is 15.1. The van der Waals surface area contributed by atoms with Gasteiger partial charge in [-0.2, -0.15) is 0 Å². The van der Waals surface area contributed by atoms with E-state index in [9.17, 15) is 4.79 Å². The van der Waals surface area contributed by atoms with E-state index in [2.05, 4.69) is 24.1 Å². The van der Waals surface area contributed by atoms with E-state index in [1.165, 1.54) is 24.9 Å². The Kier molecular flexibility index (Phi) is 5.07. The number of benzene rings is 2. The lowest BCUT2D eigenvalue weighted by Crippen LogP contribution is -2.26. The van der Waals surface area contributed by atoms with Gasteiger partial charge in [0, 0.05) is 17.5 Å². The number of hydrogen-bond donors (Lipinski definition) is 0. The summed E-state index contributed by atoms with van der Waals surface area (Å²) < 4.78 is 5.88. The number of hydrogen-bond acceptors (Lipinski definition) is 3. The fraction of sp³-hybridized carbons (Fsp3) is 0.435. The van der Waals surface area contributed by atoms with Gasteiger partial charge in [0.25, 0.3) is 0 Å². The summed E-state index contributed by atoms with van der Waals surface area (Å²) in [5.41, 5.74) is 2.08. The van der Waals surface area contributed by atoms with Gasteiger partial charge in [-0.1, -0.05) is 30.3 Å². The molecule has 4 rings (SSSR count). The molecule has 3 nitrogen and oxygen atoms in total. The van der Waals surface area contributed by atoms with Crippen molar-refractivity contribution in [3.05, 3.63) is 65.7 Å². The summed E-state index contributed by atoms with van der Waals surface area (Å²) in [5.74, 6) is 1.65. The molecule has 0 amide bonds. The topological polar surface area (TPSA) is 29.5 Å². The highest BCUT2D eigenvalue weighted by Crippen LogP contribution is 2.49. The van der Waals surface area contributed by atoms with Crippen molar-refractivity contribution in [2.75, 3.05) is 20.2 Å². The Morgan fingerprint density at radius 2 is 1.88 bits per heavy atom. The third-order valence-electron chi connectivity index (χ3n) is 5.89. The third-order valence-corrected chi connectivity index (χ3v) is 5.89. The van der Waals surface area contributed by atoms with Crippen LogP contribution in [0.5, 0.6) is 5.75 Å². The van der Waals surface area contributed by atoms with Crippen LogP contribution in [0.1, 0.15) is 47.5 Å². The van der Waals surface area contributed by atoms with Crippen LogP contribution in [0.15, 0.2) is 54.6 Å². The Labute approximate surface area is 156 Å². The van der Waals surface area contributed by atoms with Crippen LogP contribution in [-0.4, -0.2) is 36.9 Å². The SMILES string of the molecule is CN1CCCC1CCOc1ccc(C(=O)[C@@H]2C[C@H]2c2ccccc2)cc1. The minimum atomic E-state index is 0.141. The summed E-state index contributed by atoms with van der Waals surface area (Å²) in [6.45, 7) is 1.94. The number of likely N-dealkylation sites (tertiary alicyclic amines) is 1. The monoisotopic (exact) mass is 349 g/mol. The molecule has 136 valence electrons. The molecule has 2 aliphatic rings. The quantitative estimate of drug-likeness (QED) is 0.688. The van der Waals surface area contributed by atoms with Crippen LogP contribution in [-0.2, 0) is 0 Å². The molecule has 0 aromatic heterocycles. The van der Waals surface area contributed by atoms with E-state index in [-0.39, 0.29) is 11.7 Å². The average molecular weight is 349 g/mol. The molecule has 1 aliphatic heterocycles. The van der Waals surface area contributed by atoms with Gasteiger partial charge in [0.2, 0.25) is 0 Å². The second-order valence-corrected chi connectivity index (χ2v) is 7.66. The van der Waals surface area contributed by atoms with Crippen molar-refractivity contribution in [3.63, 3.8) is 0 Å². The maximum absolute atomic E-state index is 12.7. The number of ether oxygens (including phenoxy) is 1. The highest BCUT2D eigenvalue weighted by Gasteiger charge is 2.43. The lowest BCUT2D eigenvalue weighted by atomic mass is 10.0. The average Bonchev–Trinajstić information content (AvgIpc) is 3.39. The lowest BCUT2D eigenvalue weighted by Gasteiger charge is -2.19. The predicted molar refractivity (Wildman–Crippen MR) is 104 cm³/mol. The summed E-state index contributed by atoms with van der Waals surface area (Å²) in [6, 6.07) is 18.7. The van der Waals surface area contributed by atoms with Crippen LogP contribution < -0.4 is 4.74 Å². The first-order valence-electron chi connectivity index (χ1n) is 9.74. The van der Waals surface area contributed by atoms with Crippen molar-refractivity contribution in [3.8, 4) is 5.75 Å². The van der Waals surface area contributed by atoms with Gasteiger partial charge < -0.3 is 9.64 Å². The molecule has 2 aromatic carbocycles. The van der Waals surface area contributed by atoms with Gasteiger partial charge in [-0.05, 0) is 75.0 Å². The molecule has 2 aromatic rings. The smallest absolute Gasteiger partial charge is 0.166 e. The molecular weight excluding hydrogens is 322 g/mol. The van der Waals surface area contributed by atoms with Gasteiger partial charge in [-0.3, -0.25) is 4.79 Å².